The van der Waals surface area contributed by atoms with Crippen LogP contribution in [0.4, 0.5) is 9.52 Å². The third-order valence-corrected chi connectivity index (χ3v) is 8.36. The summed E-state index contributed by atoms with van der Waals surface area (Å²) in [5.74, 6) is -0.205. The first-order valence-corrected chi connectivity index (χ1v) is 12.8. The van der Waals surface area contributed by atoms with Gasteiger partial charge in [-0.2, -0.15) is 4.39 Å². The molecule has 0 radical (unpaired) electrons. The number of aromatic nitrogens is 1. The van der Waals surface area contributed by atoms with E-state index in [2.05, 4.69) is 10.3 Å². The number of halogens is 2. The lowest BCUT2D eigenvalue weighted by molar-refractivity contribution is -0.123. The van der Waals surface area contributed by atoms with Crippen molar-refractivity contribution in [2.24, 2.45) is 0 Å². The van der Waals surface area contributed by atoms with Gasteiger partial charge in [0.2, 0.25) is 6.10 Å². The molecule has 3 aromatic rings. The zero-order valence-corrected chi connectivity index (χ0v) is 19.6. The highest BCUT2D eigenvalue weighted by molar-refractivity contribution is 7.92. The molecule has 4 rings (SSSR count). The Morgan fingerprint density at radius 1 is 1.15 bits per heavy atom. The maximum atomic E-state index is 13.3. The number of thiazole rings is 1. The van der Waals surface area contributed by atoms with Gasteiger partial charge in [0.1, 0.15) is 5.75 Å². The lowest BCUT2D eigenvalue weighted by atomic mass is 10.1. The molecule has 1 amide bonds. The summed E-state index contributed by atoms with van der Waals surface area (Å²) in [5.41, 5.74) is 0.422. The molecule has 1 aliphatic heterocycles. The maximum Gasteiger partial charge on any atom is 0.271 e. The molecule has 1 unspecified atom stereocenters. The highest BCUT2D eigenvalue weighted by Crippen LogP contribution is 2.29. The largest absolute Gasteiger partial charge is 0.476 e. The van der Waals surface area contributed by atoms with E-state index < -0.39 is 32.2 Å². The minimum absolute atomic E-state index is 0.0842. The Kier molecular flexibility index (Phi) is 7.28. The van der Waals surface area contributed by atoms with Crippen LogP contribution in [0.1, 0.15) is 24.5 Å². The van der Waals surface area contributed by atoms with E-state index in [-0.39, 0.29) is 10.0 Å². The molecule has 0 bridgehead atoms. The number of nitrogens with one attached hydrogen (secondary N) is 1. The molecule has 1 N–H and O–H groups in total. The van der Waals surface area contributed by atoms with Gasteiger partial charge in [-0.1, -0.05) is 35.1 Å². The molecular formula is C22H20ClFN2O5S2. The summed E-state index contributed by atoms with van der Waals surface area (Å²) < 4.78 is 50.3. The number of sulfone groups is 1. The van der Waals surface area contributed by atoms with Gasteiger partial charge in [-0.25, -0.2) is 13.4 Å². The second kappa shape index (κ2) is 10.2. The van der Waals surface area contributed by atoms with Crippen molar-refractivity contribution in [3.05, 3.63) is 70.4 Å². The van der Waals surface area contributed by atoms with Crippen LogP contribution in [0.5, 0.6) is 5.75 Å². The summed E-state index contributed by atoms with van der Waals surface area (Å²) in [6.07, 6.45) is 0.752. The fourth-order valence-electron chi connectivity index (χ4n) is 3.42. The Balaban J connectivity index is 1.60. The van der Waals surface area contributed by atoms with Crippen molar-refractivity contribution in [1.82, 2.24) is 4.98 Å². The molecule has 0 aliphatic carbocycles. The van der Waals surface area contributed by atoms with Crippen LogP contribution in [0.3, 0.4) is 0 Å². The molecule has 11 heteroatoms. The standard InChI is InChI=1S/C22H20ClFN2O5S2/c23-15-3-5-16(6-4-15)31-20(21(27)26-22-25-13-19(24)32-22)14-1-7-17(8-2-14)33(28,29)18-9-11-30-12-10-18/h1-8,13,18,20H,9-12H2,(H,25,26,27). The van der Waals surface area contributed by atoms with E-state index in [4.69, 9.17) is 21.1 Å². The lowest BCUT2D eigenvalue weighted by Gasteiger charge is -2.23. The molecule has 1 fully saturated rings. The van der Waals surface area contributed by atoms with Gasteiger partial charge in [0.25, 0.3) is 5.91 Å². The second-order valence-corrected chi connectivity index (χ2v) is 11.0. The van der Waals surface area contributed by atoms with Crippen molar-refractivity contribution in [2.75, 3.05) is 18.5 Å². The van der Waals surface area contributed by atoms with Crippen molar-refractivity contribution in [3.63, 3.8) is 0 Å². The predicted molar refractivity (Wildman–Crippen MR) is 123 cm³/mol. The van der Waals surface area contributed by atoms with Crippen molar-refractivity contribution in [2.45, 2.75) is 29.1 Å². The highest BCUT2D eigenvalue weighted by atomic mass is 35.5. The number of ether oxygens (including phenoxy) is 2. The van der Waals surface area contributed by atoms with E-state index in [0.29, 0.717) is 53.7 Å². The zero-order chi connectivity index (χ0) is 23.4. The number of hydrogen-bond donors (Lipinski definition) is 1. The predicted octanol–water partition coefficient (Wildman–Crippen LogP) is 4.65. The van der Waals surface area contributed by atoms with E-state index in [9.17, 15) is 17.6 Å². The molecule has 174 valence electrons. The quantitative estimate of drug-likeness (QED) is 0.497. The van der Waals surface area contributed by atoms with Gasteiger partial charge in [0, 0.05) is 23.8 Å². The fraction of sp³-hybridized carbons (Fsp3) is 0.273. The molecule has 1 aromatic heterocycles. The Morgan fingerprint density at radius 2 is 1.82 bits per heavy atom. The van der Waals surface area contributed by atoms with Gasteiger partial charge in [0.15, 0.2) is 20.1 Å². The van der Waals surface area contributed by atoms with Crippen LogP contribution in [0.15, 0.2) is 59.6 Å². The van der Waals surface area contributed by atoms with Crippen molar-refractivity contribution >= 4 is 43.8 Å². The number of benzene rings is 2. The van der Waals surface area contributed by atoms with E-state index >= 15 is 0 Å². The van der Waals surface area contributed by atoms with E-state index in [1.54, 1.807) is 24.3 Å². The number of carbonyl (C=O) groups excluding carboxylic acids is 1. The van der Waals surface area contributed by atoms with Gasteiger partial charge in [-0.15, -0.1) is 0 Å². The SMILES string of the molecule is O=C(Nc1ncc(F)s1)C(Oc1ccc(Cl)cc1)c1ccc(S(=O)(=O)C2CCOCC2)cc1. The van der Waals surface area contributed by atoms with Crippen molar-refractivity contribution < 1.29 is 27.1 Å². The average Bonchev–Trinajstić information content (AvgIpc) is 3.23. The van der Waals surface area contributed by atoms with Gasteiger partial charge in [-0.3, -0.25) is 10.1 Å². The van der Waals surface area contributed by atoms with Crippen LogP contribution in [-0.4, -0.2) is 37.8 Å². The molecule has 0 spiro atoms. The number of amides is 1. The number of hydrogen-bond acceptors (Lipinski definition) is 7. The summed E-state index contributed by atoms with van der Waals surface area (Å²) in [7, 11) is -3.52. The summed E-state index contributed by atoms with van der Waals surface area (Å²) in [6, 6.07) is 12.5. The normalized spacial score (nSPS) is 15.7. The summed E-state index contributed by atoms with van der Waals surface area (Å²) >= 11 is 6.61. The van der Waals surface area contributed by atoms with Crippen LogP contribution in [0.25, 0.3) is 0 Å². The molecule has 1 atom stereocenters. The third kappa shape index (κ3) is 5.70. The second-order valence-electron chi connectivity index (χ2n) is 7.34. The van der Waals surface area contributed by atoms with E-state index in [0.717, 1.165) is 6.20 Å². The summed E-state index contributed by atoms with van der Waals surface area (Å²) in [6.45, 7) is 0.826. The maximum absolute atomic E-state index is 13.3. The van der Waals surface area contributed by atoms with Crippen LogP contribution in [0.2, 0.25) is 5.02 Å². The summed E-state index contributed by atoms with van der Waals surface area (Å²) in [4.78, 5) is 16.9. The molecule has 7 nitrogen and oxygen atoms in total. The first-order chi connectivity index (χ1) is 15.8. The van der Waals surface area contributed by atoms with E-state index in [1.165, 1.54) is 24.3 Å². The average molecular weight is 511 g/mol. The first kappa shape index (κ1) is 23.6. The van der Waals surface area contributed by atoms with Crippen LogP contribution >= 0.6 is 22.9 Å². The number of nitrogens with zero attached hydrogens (tertiary/aromatic N) is 1. The van der Waals surface area contributed by atoms with Crippen LogP contribution in [-0.2, 0) is 19.4 Å². The van der Waals surface area contributed by atoms with Crippen LogP contribution < -0.4 is 10.1 Å². The Morgan fingerprint density at radius 3 is 2.42 bits per heavy atom. The monoisotopic (exact) mass is 510 g/mol. The van der Waals surface area contributed by atoms with E-state index in [1.807, 2.05) is 0 Å². The Hall–Kier alpha value is -2.53. The van der Waals surface area contributed by atoms with Gasteiger partial charge < -0.3 is 9.47 Å². The molecule has 33 heavy (non-hydrogen) atoms. The minimum atomic E-state index is -3.52. The van der Waals surface area contributed by atoms with Crippen LogP contribution in [0, 0.1) is 5.13 Å². The summed E-state index contributed by atoms with van der Waals surface area (Å²) in [5, 5.41) is 2.09. The molecule has 1 saturated heterocycles. The molecule has 1 aliphatic rings. The number of carbonyl (C=O) groups is 1. The number of anilines is 1. The van der Waals surface area contributed by atoms with Gasteiger partial charge in [0.05, 0.1) is 16.3 Å². The molecular weight excluding hydrogens is 491 g/mol. The first-order valence-electron chi connectivity index (χ1n) is 10.1. The highest BCUT2D eigenvalue weighted by Gasteiger charge is 2.30. The third-order valence-electron chi connectivity index (χ3n) is 5.13. The van der Waals surface area contributed by atoms with Gasteiger partial charge in [-0.05, 0) is 49.2 Å². The van der Waals surface area contributed by atoms with Gasteiger partial charge >= 0.3 is 0 Å². The topological polar surface area (TPSA) is 94.6 Å². The lowest BCUT2D eigenvalue weighted by Crippen LogP contribution is -2.29. The molecule has 2 aromatic carbocycles. The Labute approximate surface area is 199 Å². The fourth-order valence-corrected chi connectivity index (χ4v) is 5.80. The molecule has 0 saturated carbocycles. The van der Waals surface area contributed by atoms with Crippen molar-refractivity contribution in [1.29, 1.82) is 0 Å². The van der Waals surface area contributed by atoms with Crippen molar-refractivity contribution in [3.8, 4) is 5.75 Å². The zero-order valence-electron chi connectivity index (χ0n) is 17.2. The smallest absolute Gasteiger partial charge is 0.271 e. The minimum Gasteiger partial charge on any atom is -0.476 e. The molecule has 2 heterocycles. The Bertz CT molecular complexity index is 1210. The number of rotatable bonds is 7.